The van der Waals surface area contributed by atoms with E-state index in [2.05, 4.69) is 10.3 Å². The number of aliphatic hydroxyl groups excluding tert-OH is 1. The summed E-state index contributed by atoms with van der Waals surface area (Å²) in [6.45, 7) is 4.60. The molecule has 4 rings (SSSR count). The Hall–Kier alpha value is -3.48. The van der Waals surface area contributed by atoms with Crippen LogP contribution in [0.3, 0.4) is 0 Å². The molecule has 0 saturated heterocycles. The number of aromatic nitrogens is 1. The zero-order valence-electron chi connectivity index (χ0n) is 23.5. The van der Waals surface area contributed by atoms with Crippen molar-refractivity contribution in [2.24, 2.45) is 11.3 Å². The molecule has 1 aliphatic heterocycles. The number of halogens is 3. The highest BCUT2D eigenvalue weighted by atomic mass is 32.2. The van der Waals surface area contributed by atoms with Crippen molar-refractivity contribution in [2.45, 2.75) is 56.9 Å². The maximum Gasteiger partial charge on any atom is 0.401 e. The van der Waals surface area contributed by atoms with Crippen molar-refractivity contribution in [3.8, 4) is 16.9 Å². The fraction of sp³-hybridized carbons (Fsp3) is 0.400. The number of aliphatic hydroxyl groups is 1. The molecule has 0 fully saturated rings. The minimum absolute atomic E-state index is 0.0700. The zero-order valence-corrected chi connectivity index (χ0v) is 24.3. The van der Waals surface area contributed by atoms with Crippen LogP contribution in [-0.2, 0) is 21.2 Å². The van der Waals surface area contributed by atoms with E-state index in [1.165, 1.54) is 45.0 Å². The second kappa shape index (κ2) is 12.4. The first kappa shape index (κ1) is 31.5. The third-order valence-corrected chi connectivity index (χ3v) is 8.42. The van der Waals surface area contributed by atoms with E-state index in [9.17, 15) is 31.5 Å². The van der Waals surface area contributed by atoms with Gasteiger partial charge in [0.1, 0.15) is 17.8 Å². The standard InChI is InChI=1S/C30H34F3N3O5S/c1-29(2,3)27(30(31,32)33)28(38)36-42(39,40)24-11-7-19(8-12-24)20-9-13-26-21(15-20)6-10-23(41-26)17-35-18-25(37)22-5-4-14-34-16-22/h4-5,7-9,11-16,23,25,27,35,37H,6,10,17-18H2,1-3H3,(H,36,38)/t23-,25+,27?/m1/s1. The Balaban J connectivity index is 1.37. The number of carbonyl (C=O) groups is 1. The smallest absolute Gasteiger partial charge is 0.401 e. The number of pyridine rings is 1. The lowest BCUT2D eigenvalue weighted by atomic mass is 9.80. The van der Waals surface area contributed by atoms with Crippen molar-refractivity contribution >= 4 is 15.9 Å². The molecule has 12 heteroatoms. The minimum atomic E-state index is -4.91. The predicted molar refractivity (Wildman–Crippen MR) is 151 cm³/mol. The van der Waals surface area contributed by atoms with Gasteiger partial charge < -0.3 is 15.2 Å². The number of rotatable bonds is 9. The Morgan fingerprint density at radius 1 is 1.10 bits per heavy atom. The Labute approximate surface area is 243 Å². The second-order valence-corrected chi connectivity index (χ2v) is 13.1. The van der Waals surface area contributed by atoms with E-state index in [1.54, 1.807) is 23.2 Å². The Morgan fingerprint density at radius 3 is 2.40 bits per heavy atom. The minimum Gasteiger partial charge on any atom is -0.489 e. The summed E-state index contributed by atoms with van der Waals surface area (Å²) >= 11 is 0. The van der Waals surface area contributed by atoms with Gasteiger partial charge in [-0.3, -0.25) is 9.78 Å². The van der Waals surface area contributed by atoms with Gasteiger partial charge in [-0.05, 0) is 65.3 Å². The molecule has 0 saturated carbocycles. The molecule has 226 valence electrons. The maximum atomic E-state index is 13.5. The van der Waals surface area contributed by atoms with Crippen molar-refractivity contribution in [3.63, 3.8) is 0 Å². The van der Waals surface area contributed by atoms with Crippen LogP contribution in [0.1, 0.15) is 44.4 Å². The number of alkyl halides is 3. The number of hydrogen-bond donors (Lipinski definition) is 3. The van der Waals surface area contributed by atoms with Gasteiger partial charge in [0.2, 0.25) is 5.91 Å². The number of nitrogens with one attached hydrogen (secondary N) is 2. The van der Waals surface area contributed by atoms with Crippen LogP contribution in [0, 0.1) is 11.3 Å². The lowest BCUT2D eigenvalue weighted by molar-refractivity contribution is -0.201. The highest BCUT2D eigenvalue weighted by Crippen LogP contribution is 2.40. The predicted octanol–water partition coefficient (Wildman–Crippen LogP) is 4.79. The van der Waals surface area contributed by atoms with Gasteiger partial charge in [0.15, 0.2) is 0 Å². The molecule has 1 aromatic heterocycles. The number of sulfonamides is 1. The van der Waals surface area contributed by atoms with Crippen LogP contribution in [0.5, 0.6) is 5.75 Å². The highest BCUT2D eigenvalue weighted by molar-refractivity contribution is 7.90. The van der Waals surface area contributed by atoms with Crippen LogP contribution in [0.15, 0.2) is 71.9 Å². The zero-order chi connectivity index (χ0) is 30.7. The highest BCUT2D eigenvalue weighted by Gasteiger charge is 2.52. The SMILES string of the molecule is CC(C)(C)C(C(=O)NS(=O)(=O)c1ccc(-c2ccc3c(c2)CC[C@H](CNC[C@H](O)c2cccnc2)O3)cc1)C(F)(F)F. The van der Waals surface area contributed by atoms with Gasteiger partial charge in [0, 0.05) is 31.0 Å². The topological polar surface area (TPSA) is 118 Å². The molecule has 8 nitrogen and oxygen atoms in total. The first-order valence-corrected chi connectivity index (χ1v) is 15.0. The van der Waals surface area contributed by atoms with Crippen LogP contribution in [-0.4, -0.2) is 49.8 Å². The first-order chi connectivity index (χ1) is 19.6. The fourth-order valence-corrected chi connectivity index (χ4v) is 5.94. The summed E-state index contributed by atoms with van der Waals surface area (Å²) in [7, 11) is -4.52. The maximum absolute atomic E-state index is 13.5. The number of nitrogens with zero attached hydrogens (tertiary/aromatic N) is 1. The molecule has 1 aliphatic rings. The molecule has 42 heavy (non-hydrogen) atoms. The quantitative estimate of drug-likeness (QED) is 0.321. The van der Waals surface area contributed by atoms with Gasteiger partial charge in [-0.2, -0.15) is 13.2 Å². The molecule has 0 aliphatic carbocycles. The van der Waals surface area contributed by atoms with Gasteiger partial charge >= 0.3 is 6.18 Å². The number of aryl methyl sites for hydroxylation is 1. The molecule has 0 bridgehead atoms. The number of fused-ring (bicyclic) bond motifs is 1. The summed E-state index contributed by atoms with van der Waals surface area (Å²) in [5, 5.41) is 13.5. The molecular weight excluding hydrogens is 571 g/mol. The molecule has 3 atom stereocenters. The summed E-state index contributed by atoms with van der Waals surface area (Å²) < 4.78 is 73.6. The van der Waals surface area contributed by atoms with Gasteiger partial charge in [0.25, 0.3) is 10.0 Å². The average molecular weight is 606 g/mol. The van der Waals surface area contributed by atoms with E-state index >= 15 is 0 Å². The molecule has 1 amide bonds. The third-order valence-electron chi connectivity index (χ3n) is 7.06. The van der Waals surface area contributed by atoms with Crippen LogP contribution >= 0.6 is 0 Å². The van der Waals surface area contributed by atoms with E-state index in [0.29, 0.717) is 18.7 Å². The van der Waals surface area contributed by atoms with Crippen molar-refractivity contribution in [1.29, 1.82) is 0 Å². The van der Waals surface area contributed by atoms with Crippen LogP contribution < -0.4 is 14.8 Å². The van der Waals surface area contributed by atoms with E-state index in [1.807, 2.05) is 24.3 Å². The summed E-state index contributed by atoms with van der Waals surface area (Å²) in [4.78, 5) is 16.1. The van der Waals surface area contributed by atoms with E-state index in [-0.39, 0.29) is 11.0 Å². The van der Waals surface area contributed by atoms with Crippen molar-refractivity contribution < 1.29 is 36.2 Å². The summed E-state index contributed by atoms with van der Waals surface area (Å²) in [6, 6.07) is 14.8. The molecule has 2 heterocycles. The summed E-state index contributed by atoms with van der Waals surface area (Å²) in [5.74, 6) is -3.37. The lowest BCUT2D eigenvalue weighted by Crippen LogP contribution is -2.48. The summed E-state index contributed by atoms with van der Waals surface area (Å²) in [5.41, 5.74) is 1.70. The van der Waals surface area contributed by atoms with Crippen LogP contribution in [0.4, 0.5) is 13.2 Å². The van der Waals surface area contributed by atoms with Gasteiger partial charge in [-0.25, -0.2) is 13.1 Å². The van der Waals surface area contributed by atoms with Gasteiger partial charge in [-0.1, -0.05) is 45.0 Å². The Kier molecular flexibility index (Phi) is 9.29. The number of benzene rings is 2. The molecule has 0 spiro atoms. The molecular formula is C30H34F3N3O5S. The molecule has 1 unspecified atom stereocenters. The largest absolute Gasteiger partial charge is 0.489 e. The van der Waals surface area contributed by atoms with E-state index < -0.39 is 39.5 Å². The van der Waals surface area contributed by atoms with E-state index in [4.69, 9.17) is 4.74 Å². The van der Waals surface area contributed by atoms with Gasteiger partial charge in [0.05, 0.1) is 11.0 Å². The van der Waals surface area contributed by atoms with Crippen LogP contribution in [0.25, 0.3) is 11.1 Å². The van der Waals surface area contributed by atoms with Gasteiger partial charge in [-0.15, -0.1) is 0 Å². The Bertz CT molecular complexity index is 1480. The number of amides is 1. The normalized spacial score (nSPS) is 17.1. The Morgan fingerprint density at radius 2 is 1.79 bits per heavy atom. The molecule has 3 N–H and O–H groups in total. The van der Waals surface area contributed by atoms with E-state index in [0.717, 1.165) is 35.3 Å². The third kappa shape index (κ3) is 7.67. The second-order valence-electron chi connectivity index (χ2n) is 11.4. The molecule has 0 radical (unpaired) electrons. The molecule has 2 aromatic carbocycles. The number of hydrogen-bond acceptors (Lipinski definition) is 7. The average Bonchev–Trinajstić information content (AvgIpc) is 2.91. The number of ether oxygens (including phenoxy) is 1. The molecule has 3 aromatic rings. The van der Waals surface area contributed by atoms with Crippen LogP contribution in [0.2, 0.25) is 0 Å². The van der Waals surface area contributed by atoms with Crippen molar-refractivity contribution in [2.75, 3.05) is 13.1 Å². The monoisotopic (exact) mass is 605 g/mol. The lowest BCUT2D eigenvalue weighted by Gasteiger charge is -2.30. The number of carbonyl (C=O) groups excluding carboxylic acids is 1. The van der Waals surface area contributed by atoms with Crippen molar-refractivity contribution in [3.05, 3.63) is 78.1 Å². The summed E-state index contributed by atoms with van der Waals surface area (Å²) in [6.07, 6.45) is -0.852. The van der Waals surface area contributed by atoms with Crippen molar-refractivity contribution in [1.82, 2.24) is 15.0 Å². The first-order valence-electron chi connectivity index (χ1n) is 13.5. The fourth-order valence-electron chi connectivity index (χ4n) is 4.95.